The van der Waals surface area contributed by atoms with Crippen molar-refractivity contribution in [3.05, 3.63) is 29.8 Å². The lowest BCUT2D eigenvalue weighted by atomic mass is 10.1. The van der Waals surface area contributed by atoms with Crippen LogP contribution in [0.25, 0.3) is 0 Å². The molecule has 14 heavy (non-hydrogen) atoms. The average molecular weight is 196 g/mol. The number of aryl methyl sites for hydroxylation is 1. The Bertz CT molecular complexity index is 273. The highest BCUT2D eigenvalue weighted by Gasteiger charge is 2.05. The van der Waals surface area contributed by atoms with Gasteiger partial charge in [-0.3, -0.25) is 0 Å². The third-order valence-corrected chi connectivity index (χ3v) is 2.15. The maximum Gasteiger partial charge on any atom is 0.122 e. The monoisotopic (exact) mass is 196 g/mol. The maximum atomic E-state index is 9.19. The number of aliphatic hydroxyl groups is 2. The smallest absolute Gasteiger partial charge is 0.122 e. The predicted molar refractivity (Wildman–Crippen MR) is 54.4 cm³/mol. The maximum absolute atomic E-state index is 9.19. The van der Waals surface area contributed by atoms with Gasteiger partial charge in [-0.1, -0.05) is 18.2 Å². The highest BCUT2D eigenvalue weighted by molar-refractivity contribution is 5.33. The van der Waals surface area contributed by atoms with Crippen molar-refractivity contribution >= 4 is 0 Å². The summed E-state index contributed by atoms with van der Waals surface area (Å²) in [5, 5.41) is 17.9. The average Bonchev–Trinajstić information content (AvgIpc) is 2.26. The molecule has 78 valence electrons. The van der Waals surface area contributed by atoms with Crippen LogP contribution in [0.2, 0.25) is 0 Å². The lowest BCUT2D eigenvalue weighted by Gasteiger charge is -2.10. The van der Waals surface area contributed by atoms with E-state index in [9.17, 15) is 5.11 Å². The van der Waals surface area contributed by atoms with Gasteiger partial charge in [0.05, 0.1) is 19.8 Å². The van der Waals surface area contributed by atoms with E-state index in [-0.39, 0.29) is 6.61 Å². The largest absolute Gasteiger partial charge is 0.496 e. The van der Waals surface area contributed by atoms with Crippen molar-refractivity contribution in [2.24, 2.45) is 0 Å². The minimum Gasteiger partial charge on any atom is -0.496 e. The summed E-state index contributed by atoms with van der Waals surface area (Å²) in [6.07, 6.45) is 0.628. The summed E-state index contributed by atoms with van der Waals surface area (Å²) in [6, 6.07) is 7.69. The van der Waals surface area contributed by atoms with Gasteiger partial charge in [0, 0.05) is 0 Å². The minimum absolute atomic E-state index is 0.185. The zero-order valence-electron chi connectivity index (χ0n) is 8.31. The molecular formula is C11H16O3. The molecule has 3 nitrogen and oxygen atoms in total. The molecule has 1 unspecified atom stereocenters. The van der Waals surface area contributed by atoms with E-state index in [1.54, 1.807) is 7.11 Å². The Morgan fingerprint density at radius 1 is 1.36 bits per heavy atom. The number of rotatable bonds is 5. The van der Waals surface area contributed by atoms with Crippen LogP contribution in [0, 0.1) is 0 Å². The van der Waals surface area contributed by atoms with Crippen LogP contribution in [0.5, 0.6) is 5.75 Å². The fraction of sp³-hybridized carbons (Fsp3) is 0.455. The first-order valence-electron chi connectivity index (χ1n) is 4.68. The molecule has 0 heterocycles. The van der Waals surface area contributed by atoms with Gasteiger partial charge in [0.25, 0.3) is 0 Å². The molecule has 0 spiro atoms. The van der Waals surface area contributed by atoms with Gasteiger partial charge in [-0.25, -0.2) is 0 Å². The van der Waals surface area contributed by atoms with Crippen LogP contribution in [-0.2, 0) is 6.42 Å². The summed E-state index contributed by atoms with van der Waals surface area (Å²) in [7, 11) is 1.63. The van der Waals surface area contributed by atoms with Crippen molar-refractivity contribution in [1.29, 1.82) is 0 Å². The molecule has 0 aromatic heterocycles. The Balaban J connectivity index is 2.57. The molecule has 0 fully saturated rings. The standard InChI is InChI=1S/C11H16O3/c1-14-11-5-3-2-4-9(11)6-7-10(13)8-12/h2-5,10,12-13H,6-8H2,1H3. The number of methoxy groups -OCH3 is 1. The van der Waals surface area contributed by atoms with Crippen molar-refractivity contribution in [1.82, 2.24) is 0 Å². The Kier molecular flexibility index (Phi) is 4.43. The van der Waals surface area contributed by atoms with Gasteiger partial charge in [0.15, 0.2) is 0 Å². The van der Waals surface area contributed by atoms with Crippen LogP contribution in [0.15, 0.2) is 24.3 Å². The molecule has 3 heteroatoms. The molecule has 0 radical (unpaired) electrons. The molecule has 0 aliphatic rings. The van der Waals surface area contributed by atoms with Gasteiger partial charge in [-0.15, -0.1) is 0 Å². The number of hydrogen-bond acceptors (Lipinski definition) is 3. The van der Waals surface area contributed by atoms with E-state index < -0.39 is 6.10 Å². The van der Waals surface area contributed by atoms with Crippen molar-refractivity contribution in [2.75, 3.05) is 13.7 Å². The molecule has 0 aliphatic heterocycles. The summed E-state index contributed by atoms with van der Waals surface area (Å²) < 4.78 is 5.17. The Hall–Kier alpha value is -1.06. The lowest BCUT2D eigenvalue weighted by Crippen LogP contribution is -2.12. The second kappa shape index (κ2) is 5.62. The van der Waals surface area contributed by atoms with Crippen LogP contribution in [-0.4, -0.2) is 30.0 Å². The highest BCUT2D eigenvalue weighted by atomic mass is 16.5. The lowest BCUT2D eigenvalue weighted by molar-refractivity contribution is 0.0884. The number of ether oxygens (including phenoxy) is 1. The number of hydrogen-bond donors (Lipinski definition) is 2. The number of benzene rings is 1. The second-order valence-corrected chi connectivity index (χ2v) is 3.19. The molecule has 1 atom stereocenters. The predicted octanol–water partition coefficient (Wildman–Crippen LogP) is 0.981. The molecule has 0 aliphatic carbocycles. The van der Waals surface area contributed by atoms with Gasteiger partial charge in [0.2, 0.25) is 0 Å². The molecule has 1 rings (SSSR count). The van der Waals surface area contributed by atoms with E-state index in [4.69, 9.17) is 9.84 Å². The molecule has 0 bridgehead atoms. The zero-order valence-corrected chi connectivity index (χ0v) is 8.31. The van der Waals surface area contributed by atoms with Gasteiger partial charge in [-0.05, 0) is 24.5 Å². The van der Waals surface area contributed by atoms with Crippen molar-refractivity contribution in [2.45, 2.75) is 18.9 Å². The number of para-hydroxylation sites is 1. The number of aliphatic hydroxyl groups excluding tert-OH is 2. The van der Waals surface area contributed by atoms with E-state index in [1.165, 1.54) is 0 Å². The van der Waals surface area contributed by atoms with Crippen molar-refractivity contribution < 1.29 is 14.9 Å². The Morgan fingerprint density at radius 3 is 2.71 bits per heavy atom. The molecule has 1 aromatic carbocycles. The van der Waals surface area contributed by atoms with E-state index in [2.05, 4.69) is 0 Å². The van der Waals surface area contributed by atoms with Crippen LogP contribution >= 0.6 is 0 Å². The first kappa shape index (κ1) is 11.0. The van der Waals surface area contributed by atoms with Crippen molar-refractivity contribution in [3.63, 3.8) is 0 Å². The quantitative estimate of drug-likeness (QED) is 0.738. The van der Waals surface area contributed by atoms with Gasteiger partial charge in [0.1, 0.15) is 5.75 Å². The first-order chi connectivity index (χ1) is 6.77. The van der Waals surface area contributed by atoms with Crippen molar-refractivity contribution in [3.8, 4) is 5.75 Å². The molecule has 1 aromatic rings. The Morgan fingerprint density at radius 2 is 2.07 bits per heavy atom. The third kappa shape index (κ3) is 3.01. The summed E-state index contributed by atoms with van der Waals surface area (Å²) in [6.45, 7) is -0.185. The fourth-order valence-corrected chi connectivity index (χ4v) is 1.32. The molecule has 0 saturated carbocycles. The molecular weight excluding hydrogens is 180 g/mol. The van der Waals surface area contributed by atoms with Crippen LogP contribution in [0.1, 0.15) is 12.0 Å². The summed E-state index contributed by atoms with van der Waals surface area (Å²) in [5.41, 5.74) is 1.06. The van der Waals surface area contributed by atoms with E-state index in [0.29, 0.717) is 12.8 Å². The minimum atomic E-state index is -0.639. The highest BCUT2D eigenvalue weighted by Crippen LogP contribution is 2.19. The first-order valence-corrected chi connectivity index (χ1v) is 4.68. The van der Waals surface area contributed by atoms with Gasteiger partial charge in [-0.2, -0.15) is 0 Å². The van der Waals surface area contributed by atoms with Gasteiger partial charge < -0.3 is 14.9 Å². The normalized spacial score (nSPS) is 12.5. The zero-order chi connectivity index (χ0) is 10.4. The molecule has 2 N–H and O–H groups in total. The van der Waals surface area contributed by atoms with Crippen LogP contribution < -0.4 is 4.74 Å². The molecule has 0 amide bonds. The van der Waals surface area contributed by atoms with E-state index >= 15 is 0 Å². The molecule has 0 saturated heterocycles. The summed E-state index contributed by atoms with van der Waals surface area (Å²) in [4.78, 5) is 0. The topological polar surface area (TPSA) is 49.7 Å². The van der Waals surface area contributed by atoms with Crippen LogP contribution in [0.4, 0.5) is 0 Å². The third-order valence-electron chi connectivity index (χ3n) is 2.15. The van der Waals surface area contributed by atoms with Gasteiger partial charge >= 0.3 is 0 Å². The fourth-order valence-electron chi connectivity index (χ4n) is 1.32. The van der Waals surface area contributed by atoms with E-state index in [0.717, 1.165) is 11.3 Å². The second-order valence-electron chi connectivity index (χ2n) is 3.19. The van der Waals surface area contributed by atoms with Crippen LogP contribution in [0.3, 0.4) is 0 Å². The Labute approximate surface area is 84.0 Å². The summed E-state index contributed by atoms with van der Waals surface area (Å²) in [5.74, 6) is 0.831. The SMILES string of the molecule is COc1ccccc1CCC(O)CO. The van der Waals surface area contributed by atoms with E-state index in [1.807, 2.05) is 24.3 Å². The summed E-state index contributed by atoms with van der Waals surface area (Å²) >= 11 is 0.